The van der Waals surface area contributed by atoms with Gasteiger partial charge in [0.15, 0.2) is 0 Å². The molecule has 0 aliphatic rings. The zero-order valence-corrected chi connectivity index (χ0v) is 8.77. The SMILES string of the molecule is CC(C(N)=O)C(N)=O.N=C=O.N=C=O.N=C=O. The predicted molar refractivity (Wildman–Crippen MR) is 52.8 cm³/mol. The Kier molecular flexibility index (Phi) is 32.3. The van der Waals surface area contributed by atoms with Crippen LogP contribution in [-0.4, -0.2) is 30.1 Å². The number of rotatable bonds is 2. The molecule has 0 saturated carbocycles. The number of amides is 2. The molecule has 7 N–H and O–H groups in total. The van der Waals surface area contributed by atoms with Crippen LogP contribution in [0, 0.1) is 22.1 Å². The highest BCUT2D eigenvalue weighted by molar-refractivity contribution is 5.98. The molecule has 2 amide bonds. The van der Waals surface area contributed by atoms with Crippen LogP contribution in [0.2, 0.25) is 0 Å². The topological polar surface area (TPSA) is 209 Å². The molecule has 0 aromatic heterocycles. The average Bonchev–Trinajstić information content (AvgIpc) is 2.19. The van der Waals surface area contributed by atoms with Crippen LogP contribution < -0.4 is 11.5 Å². The van der Waals surface area contributed by atoms with Crippen LogP contribution in [0.5, 0.6) is 0 Å². The van der Waals surface area contributed by atoms with Gasteiger partial charge in [0.05, 0.1) is 0 Å². The van der Waals surface area contributed by atoms with E-state index in [0.717, 1.165) is 18.2 Å². The van der Waals surface area contributed by atoms with E-state index in [2.05, 4.69) is 0 Å². The lowest BCUT2D eigenvalue weighted by Gasteiger charge is -1.97. The fourth-order valence-electron chi connectivity index (χ4n) is 0.140. The second-order valence-electron chi connectivity index (χ2n) is 1.83. The maximum Gasteiger partial charge on any atom is 0.231 e. The van der Waals surface area contributed by atoms with Crippen molar-refractivity contribution in [1.29, 1.82) is 16.2 Å². The molecule has 10 heteroatoms. The summed E-state index contributed by atoms with van der Waals surface area (Å²) < 4.78 is 0. The van der Waals surface area contributed by atoms with Crippen molar-refractivity contribution in [3.63, 3.8) is 0 Å². The van der Waals surface area contributed by atoms with Crippen molar-refractivity contribution < 1.29 is 24.0 Å². The Bertz CT molecular complexity index is 279. The Morgan fingerprint density at radius 1 is 0.882 bits per heavy atom. The van der Waals surface area contributed by atoms with E-state index in [-0.39, 0.29) is 0 Å². The molecule has 10 nitrogen and oxygen atoms in total. The van der Waals surface area contributed by atoms with E-state index in [0.29, 0.717) is 0 Å². The summed E-state index contributed by atoms with van der Waals surface area (Å²) >= 11 is 0. The summed E-state index contributed by atoms with van der Waals surface area (Å²) in [6.07, 6.45) is 2.25. The number of isocyanates is 3. The number of carbonyl (C=O) groups excluding carboxylic acids is 5. The van der Waals surface area contributed by atoms with E-state index in [9.17, 15) is 9.59 Å². The number of nitrogens with two attached hydrogens (primary N) is 2. The van der Waals surface area contributed by atoms with E-state index < -0.39 is 17.7 Å². The largest absolute Gasteiger partial charge is 0.369 e. The molecule has 0 aromatic rings. The van der Waals surface area contributed by atoms with Gasteiger partial charge in [-0.1, -0.05) is 0 Å². The van der Waals surface area contributed by atoms with E-state index in [1.165, 1.54) is 6.92 Å². The van der Waals surface area contributed by atoms with Crippen LogP contribution >= 0.6 is 0 Å². The highest BCUT2D eigenvalue weighted by atomic mass is 16.2. The smallest absolute Gasteiger partial charge is 0.231 e. The van der Waals surface area contributed by atoms with Gasteiger partial charge in [-0.3, -0.25) is 9.59 Å². The summed E-state index contributed by atoms with van der Waals surface area (Å²) in [7, 11) is 0. The molecule has 0 unspecified atom stereocenters. The Hall–Kier alpha value is -2.92. The van der Waals surface area contributed by atoms with Gasteiger partial charge < -0.3 is 11.5 Å². The van der Waals surface area contributed by atoms with Crippen molar-refractivity contribution in [1.82, 2.24) is 0 Å². The van der Waals surface area contributed by atoms with Crippen molar-refractivity contribution >= 4 is 30.1 Å². The Balaban J connectivity index is -0.0000000784. The number of primary amides is 2. The first-order valence-electron chi connectivity index (χ1n) is 3.50. The van der Waals surface area contributed by atoms with E-state index in [1.807, 2.05) is 0 Å². The molecular weight excluding hydrogens is 234 g/mol. The Morgan fingerprint density at radius 3 is 1.00 bits per heavy atom. The van der Waals surface area contributed by atoms with Crippen LogP contribution in [-0.2, 0) is 24.0 Å². The molecule has 0 heterocycles. The summed E-state index contributed by atoms with van der Waals surface area (Å²) in [5, 5.41) is 16.2. The molecule has 94 valence electrons. The molecule has 0 bridgehead atoms. The standard InChI is InChI=1S/C4H8N2O2.3CHNO/c1-2(3(5)7)4(6)8;3*2-1-3/h2H,1H3,(H2,5,7)(H2,6,8);3*2H. The van der Waals surface area contributed by atoms with Crippen molar-refractivity contribution in [3.05, 3.63) is 0 Å². The van der Waals surface area contributed by atoms with E-state index in [4.69, 9.17) is 42.1 Å². The predicted octanol–water partition coefficient (Wildman–Crippen LogP) is -1.70. The molecule has 0 atom stereocenters. The molecule has 0 radical (unpaired) electrons. The molecule has 0 spiro atoms. The summed E-state index contributed by atoms with van der Waals surface area (Å²) in [6, 6.07) is 0. The number of hydrogen-bond donors (Lipinski definition) is 5. The molecule has 0 rings (SSSR count). The van der Waals surface area contributed by atoms with Crippen LogP contribution in [0.25, 0.3) is 0 Å². The molecule has 0 aliphatic carbocycles. The van der Waals surface area contributed by atoms with E-state index in [1.54, 1.807) is 0 Å². The molecule has 0 aromatic carbocycles. The highest BCUT2D eigenvalue weighted by Gasteiger charge is 2.13. The summed E-state index contributed by atoms with van der Waals surface area (Å²) in [4.78, 5) is 45.2. The van der Waals surface area contributed by atoms with Gasteiger partial charge in [-0.25, -0.2) is 30.6 Å². The first-order chi connectivity index (χ1) is 7.80. The molecule has 17 heavy (non-hydrogen) atoms. The third-order valence-electron chi connectivity index (χ3n) is 0.854. The van der Waals surface area contributed by atoms with Gasteiger partial charge in [-0.15, -0.1) is 0 Å². The zero-order chi connectivity index (χ0) is 14.9. The normalized spacial score (nSPS) is 5.76. The monoisotopic (exact) mass is 245 g/mol. The van der Waals surface area contributed by atoms with E-state index >= 15 is 0 Å². The zero-order valence-electron chi connectivity index (χ0n) is 8.77. The number of hydrogen-bond acceptors (Lipinski definition) is 8. The minimum absolute atomic E-state index is 0.683. The lowest BCUT2D eigenvalue weighted by molar-refractivity contribution is -0.130. The first kappa shape index (κ1) is 23.7. The Morgan fingerprint density at radius 2 is 1.00 bits per heavy atom. The van der Waals surface area contributed by atoms with Gasteiger partial charge in [0.25, 0.3) is 0 Å². The van der Waals surface area contributed by atoms with Gasteiger partial charge in [0.2, 0.25) is 30.1 Å². The number of nitrogens with one attached hydrogen (secondary N) is 3. The number of carbonyl (C=O) groups is 2. The fraction of sp³-hybridized carbons (Fsp3) is 0.286. The van der Waals surface area contributed by atoms with Crippen LogP contribution in [0.1, 0.15) is 6.92 Å². The average molecular weight is 245 g/mol. The van der Waals surface area contributed by atoms with Gasteiger partial charge in [-0.2, -0.15) is 0 Å². The van der Waals surface area contributed by atoms with Crippen LogP contribution in [0.4, 0.5) is 0 Å². The maximum absolute atomic E-state index is 10.1. The molecule has 0 fully saturated rings. The summed E-state index contributed by atoms with van der Waals surface area (Å²) in [5.41, 5.74) is 9.39. The Labute approximate surface area is 95.5 Å². The van der Waals surface area contributed by atoms with Gasteiger partial charge in [0, 0.05) is 0 Å². The van der Waals surface area contributed by atoms with Gasteiger partial charge in [-0.05, 0) is 6.92 Å². The lowest BCUT2D eigenvalue weighted by Crippen LogP contribution is -2.32. The van der Waals surface area contributed by atoms with Crippen LogP contribution in [0.15, 0.2) is 0 Å². The minimum atomic E-state index is -0.852. The van der Waals surface area contributed by atoms with Crippen molar-refractivity contribution in [3.8, 4) is 0 Å². The highest BCUT2D eigenvalue weighted by Crippen LogP contribution is 1.87. The quantitative estimate of drug-likeness (QED) is 0.218. The fourth-order valence-corrected chi connectivity index (χ4v) is 0.140. The third kappa shape index (κ3) is 62.2. The second kappa shape index (κ2) is 23.2. The van der Waals surface area contributed by atoms with Crippen molar-refractivity contribution in [2.75, 3.05) is 0 Å². The maximum atomic E-state index is 10.1. The second-order valence-corrected chi connectivity index (χ2v) is 1.83. The van der Waals surface area contributed by atoms with Crippen LogP contribution in [0.3, 0.4) is 0 Å². The van der Waals surface area contributed by atoms with Gasteiger partial charge >= 0.3 is 0 Å². The molecule has 0 aliphatic heterocycles. The lowest BCUT2D eigenvalue weighted by atomic mass is 10.2. The third-order valence-corrected chi connectivity index (χ3v) is 0.854. The summed E-state index contributed by atoms with van der Waals surface area (Å²) in [5.74, 6) is -2.22. The van der Waals surface area contributed by atoms with Crippen molar-refractivity contribution in [2.24, 2.45) is 17.4 Å². The first-order valence-corrected chi connectivity index (χ1v) is 3.50. The van der Waals surface area contributed by atoms with Gasteiger partial charge in [0.1, 0.15) is 5.92 Å². The van der Waals surface area contributed by atoms with Crippen molar-refractivity contribution in [2.45, 2.75) is 6.92 Å². The minimum Gasteiger partial charge on any atom is -0.369 e. The summed E-state index contributed by atoms with van der Waals surface area (Å²) in [6.45, 7) is 1.37. The molecule has 0 saturated heterocycles. The molecular formula is C7H11N5O5.